The molecule has 2 atom stereocenters. The van der Waals surface area contributed by atoms with Gasteiger partial charge in [0.05, 0.1) is 18.7 Å². The number of hydrogen-bond donors (Lipinski definition) is 3. The first kappa shape index (κ1) is 11.4. The summed E-state index contributed by atoms with van der Waals surface area (Å²) in [5.74, 6) is -0.182. The van der Waals surface area contributed by atoms with Crippen LogP contribution in [0.5, 0.6) is 0 Å². The average molecular weight is 174 g/mol. The molecule has 0 rings (SSSR count). The molecule has 4 nitrogen and oxygen atoms in total. The molecule has 0 bridgehead atoms. The summed E-state index contributed by atoms with van der Waals surface area (Å²) in [6, 6.07) is -0.610. The second kappa shape index (κ2) is 5.97. The molecule has 0 saturated carbocycles. The Morgan fingerprint density at radius 3 is 2.42 bits per heavy atom. The van der Waals surface area contributed by atoms with Crippen molar-refractivity contribution < 1.29 is 9.90 Å². The van der Waals surface area contributed by atoms with E-state index >= 15 is 0 Å². The summed E-state index contributed by atoms with van der Waals surface area (Å²) in [6.07, 6.45) is 1.34. The molecule has 0 aliphatic carbocycles. The van der Waals surface area contributed by atoms with Gasteiger partial charge in [0.15, 0.2) is 0 Å². The van der Waals surface area contributed by atoms with Gasteiger partial charge in [0, 0.05) is 0 Å². The molecular weight excluding hydrogens is 156 g/mol. The van der Waals surface area contributed by atoms with Crippen LogP contribution >= 0.6 is 0 Å². The molecule has 1 amide bonds. The SMILES string of the molecule is CCC(N)C(=O)N[C@H](CC)CO. The number of aliphatic hydroxyl groups is 1. The number of aliphatic hydroxyl groups excluding tert-OH is 1. The summed E-state index contributed by atoms with van der Waals surface area (Å²) >= 11 is 0. The Morgan fingerprint density at radius 2 is 2.08 bits per heavy atom. The molecular formula is C8H18N2O2. The minimum atomic E-state index is -0.453. The van der Waals surface area contributed by atoms with Crippen molar-refractivity contribution in [3.63, 3.8) is 0 Å². The zero-order valence-corrected chi connectivity index (χ0v) is 7.71. The molecule has 0 saturated heterocycles. The van der Waals surface area contributed by atoms with E-state index in [1.165, 1.54) is 0 Å². The quantitative estimate of drug-likeness (QED) is 0.531. The highest BCUT2D eigenvalue weighted by Crippen LogP contribution is 1.92. The van der Waals surface area contributed by atoms with E-state index in [9.17, 15) is 4.79 Å². The number of nitrogens with two attached hydrogens (primary N) is 1. The minimum absolute atomic E-state index is 0.0291. The highest BCUT2D eigenvalue weighted by molar-refractivity contribution is 5.81. The van der Waals surface area contributed by atoms with Crippen LogP contribution in [0.4, 0.5) is 0 Å². The maximum atomic E-state index is 11.2. The number of hydrogen-bond acceptors (Lipinski definition) is 3. The van der Waals surface area contributed by atoms with Crippen LogP contribution in [0.25, 0.3) is 0 Å². The van der Waals surface area contributed by atoms with Crippen LogP contribution in [0.1, 0.15) is 26.7 Å². The lowest BCUT2D eigenvalue weighted by atomic mass is 10.2. The van der Waals surface area contributed by atoms with Gasteiger partial charge in [0.1, 0.15) is 0 Å². The molecule has 0 aromatic carbocycles. The van der Waals surface area contributed by atoms with E-state index in [1.54, 1.807) is 0 Å². The molecule has 0 aromatic rings. The van der Waals surface area contributed by atoms with Crippen LogP contribution in [0, 0.1) is 0 Å². The molecule has 12 heavy (non-hydrogen) atoms. The van der Waals surface area contributed by atoms with Crippen LogP contribution < -0.4 is 11.1 Å². The highest BCUT2D eigenvalue weighted by atomic mass is 16.3. The fraction of sp³-hybridized carbons (Fsp3) is 0.875. The summed E-state index contributed by atoms with van der Waals surface area (Å²) in [5.41, 5.74) is 5.48. The first-order valence-electron chi connectivity index (χ1n) is 4.32. The van der Waals surface area contributed by atoms with Crippen molar-refractivity contribution in [1.82, 2.24) is 5.32 Å². The molecule has 4 N–H and O–H groups in total. The van der Waals surface area contributed by atoms with E-state index in [1.807, 2.05) is 13.8 Å². The molecule has 0 fully saturated rings. The lowest BCUT2D eigenvalue weighted by Crippen LogP contribution is -2.46. The molecule has 1 unspecified atom stereocenters. The predicted octanol–water partition coefficient (Wildman–Crippen LogP) is -0.389. The number of amides is 1. The molecule has 0 aromatic heterocycles. The van der Waals surface area contributed by atoms with Gasteiger partial charge in [-0.15, -0.1) is 0 Å². The van der Waals surface area contributed by atoms with E-state index in [0.717, 1.165) is 6.42 Å². The summed E-state index contributed by atoms with van der Waals surface area (Å²) in [6.45, 7) is 3.72. The maximum Gasteiger partial charge on any atom is 0.237 e. The first-order valence-corrected chi connectivity index (χ1v) is 4.32. The van der Waals surface area contributed by atoms with Gasteiger partial charge in [0.25, 0.3) is 0 Å². The Bertz CT molecular complexity index is 135. The van der Waals surface area contributed by atoms with Crippen LogP contribution in [0.2, 0.25) is 0 Å². The van der Waals surface area contributed by atoms with Gasteiger partial charge < -0.3 is 16.2 Å². The largest absolute Gasteiger partial charge is 0.394 e. The lowest BCUT2D eigenvalue weighted by Gasteiger charge is -2.16. The van der Waals surface area contributed by atoms with Gasteiger partial charge >= 0.3 is 0 Å². The Hall–Kier alpha value is -0.610. The predicted molar refractivity (Wildman–Crippen MR) is 47.6 cm³/mol. The third kappa shape index (κ3) is 3.69. The molecule has 0 aliphatic rings. The smallest absolute Gasteiger partial charge is 0.237 e. The first-order chi connectivity index (χ1) is 5.65. The van der Waals surface area contributed by atoms with E-state index in [-0.39, 0.29) is 18.6 Å². The molecule has 0 radical (unpaired) electrons. The summed E-state index contributed by atoms with van der Waals surface area (Å²) < 4.78 is 0. The van der Waals surface area contributed by atoms with E-state index in [0.29, 0.717) is 6.42 Å². The fourth-order valence-electron chi connectivity index (χ4n) is 0.770. The highest BCUT2D eigenvalue weighted by Gasteiger charge is 2.14. The molecule has 0 aliphatic heterocycles. The summed E-state index contributed by atoms with van der Waals surface area (Å²) in [7, 11) is 0. The Morgan fingerprint density at radius 1 is 1.50 bits per heavy atom. The normalized spacial score (nSPS) is 15.3. The molecule has 4 heteroatoms. The van der Waals surface area contributed by atoms with Crippen molar-refractivity contribution in [3.8, 4) is 0 Å². The summed E-state index contributed by atoms with van der Waals surface area (Å²) in [4.78, 5) is 11.2. The van der Waals surface area contributed by atoms with E-state index < -0.39 is 6.04 Å². The fourth-order valence-corrected chi connectivity index (χ4v) is 0.770. The van der Waals surface area contributed by atoms with Crippen molar-refractivity contribution in [2.75, 3.05) is 6.61 Å². The van der Waals surface area contributed by atoms with Gasteiger partial charge in [-0.25, -0.2) is 0 Å². The van der Waals surface area contributed by atoms with Crippen LogP contribution in [-0.2, 0) is 4.79 Å². The topological polar surface area (TPSA) is 75.4 Å². The van der Waals surface area contributed by atoms with E-state index in [4.69, 9.17) is 10.8 Å². The second-order valence-corrected chi connectivity index (χ2v) is 2.81. The van der Waals surface area contributed by atoms with Gasteiger partial charge in [-0.1, -0.05) is 13.8 Å². The Kier molecular flexibility index (Phi) is 5.66. The van der Waals surface area contributed by atoms with Crippen LogP contribution in [0.3, 0.4) is 0 Å². The minimum Gasteiger partial charge on any atom is -0.394 e. The number of rotatable bonds is 5. The molecule has 0 spiro atoms. The standard InChI is InChI=1S/C8H18N2O2/c1-3-6(5-11)10-8(12)7(9)4-2/h6-7,11H,3-5,9H2,1-2H3,(H,10,12)/t6-,7?/m1/s1. The third-order valence-corrected chi connectivity index (χ3v) is 1.84. The van der Waals surface area contributed by atoms with Crippen molar-refractivity contribution in [2.24, 2.45) is 5.73 Å². The number of carbonyl (C=O) groups is 1. The second-order valence-electron chi connectivity index (χ2n) is 2.81. The molecule has 72 valence electrons. The van der Waals surface area contributed by atoms with Gasteiger partial charge in [-0.2, -0.15) is 0 Å². The van der Waals surface area contributed by atoms with Crippen LogP contribution in [-0.4, -0.2) is 29.7 Å². The number of carbonyl (C=O) groups excluding carboxylic acids is 1. The molecule has 0 heterocycles. The van der Waals surface area contributed by atoms with Crippen molar-refractivity contribution in [2.45, 2.75) is 38.8 Å². The van der Waals surface area contributed by atoms with Crippen molar-refractivity contribution in [1.29, 1.82) is 0 Å². The zero-order chi connectivity index (χ0) is 9.56. The monoisotopic (exact) mass is 174 g/mol. The lowest BCUT2D eigenvalue weighted by molar-refractivity contribution is -0.123. The van der Waals surface area contributed by atoms with E-state index in [2.05, 4.69) is 5.32 Å². The van der Waals surface area contributed by atoms with Crippen LogP contribution in [0.15, 0.2) is 0 Å². The Balaban J connectivity index is 3.81. The van der Waals surface area contributed by atoms with Gasteiger partial charge in [-0.3, -0.25) is 4.79 Å². The Labute approximate surface area is 73.1 Å². The average Bonchev–Trinajstić information content (AvgIpc) is 2.12. The number of nitrogens with one attached hydrogen (secondary N) is 1. The maximum absolute atomic E-state index is 11.2. The third-order valence-electron chi connectivity index (χ3n) is 1.84. The zero-order valence-electron chi connectivity index (χ0n) is 7.71. The van der Waals surface area contributed by atoms with Crippen molar-refractivity contribution in [3.05, 3.63) is 0 Å². The van der Waals surface area contributed by atoms with Gasteiger partial charge in [-0.05, 0) is 12.8 Å². The summed E-state index contributed by atoms with van der Waals surface area (Å²) in [5, 5.41) is 11.4. The van der Waals surface area contributed by atoms with Gasteiger partial charge in [0.2, 0.25) is 5.91 Å². The van der Waals surface area contributed by atoms with Crippen molar-refractivity contribution >= 4 is 5.91 Å².